The van der Waals surface area contributed by atoms with Crippen molar-refractivity contribution in [1.29, 1.82) is 0 Å². The van der Waals surface area contributed by atoms with Crippen molar-refractivity contribution in [3.63, 3.8) is 0 Å². The minimum atomic E-state index is 0.584. The smallest absolute Gasteiger partial charge is 0.178 e. The monoisotopic (exact) mass is 344 g/mol. The molecule has 0 aliphatic heterocycles. The van der Waals surface area contributed by atoms with E-state index < -0.39 is 0 Å². The van der Waals surface area contributed by atoms with Gasteiger partial charge in [-0.05, 0) is 48.0 Å². The largest absolute Gasteiger partial charge is 0.331 e. The van der Waals surface area contributed by atoms with Crippen molar-refractivity contribution in [2.45, 2.75) is 18.9 Å². The van der Waals surface area contributed by atoms with Crippen LogP contribution in [0.15, 0.2) is 46.9 Å². The minimum absolute atomic E-state index is 0.584. The molecule has 0 fully saturated rings. The van der Waals surface area contributed by atoms with Gasteiger partial charge in [0.05, 0.1) is 11.0 Å². The predicted molar refractivity (Wildman–Crippen MR) is 87.7 cm³/mol. The second-order valence-corrected chi connectivity index (χ2v) is 6.60. The number of aromatic amines is 1. The average Bonchev–Trinajstić information content (AvgIpc) is 2.71. The number of nitrogens with zero attached hydrogens (tertiary/aromatic N) is 1. The minimum Gasteiger partial charge on any atom is -0.331 e. The van der Waals surface area contributed by atoms with E-state index in [1.165, 1.54) is 16.6 Å². The van der Waals surface area contributed by atoms with Crippen LogP contribution in [0, 0.1) is 4.77 Å². The first-order valence-corrected chi connectivity index (χ1v) is 7.88. The summed E-state index contributed by atoms with van der Waals surface area (Å²) in [5.41, 5.74) is 5.23. The molecule has 0 saturated heterocycles. The van der Waals surface area contributed by atoms with Crippen LogP contribution < -0.4 is 0 Å². The standard InChI is InChI=1S/C16H13BrN2S/c17-12-5-6-15-14(8-12)18-16(20)19(15)9-11-7-10-3-1-2-4-13(10)11/h1-6,8,11H,7,9H2,(H,18,20). The Balaban J connectivity index is 1.74. The second kappa shape index (κ2) is 4.57. The summed E-state index contributed by atoms with van der Waals surface area (Å²) < 4.78 is 4.10. The van der Waals surface area contributed by atoms with Crippen molar-refractivity contribution >= 4 is 39.2 Å². The fourth-order valence-corrected chi connectivity index (χ4v) is 3.71. The number of benzene rings is 2. The van der Waals surface area contributed by atoms with E-state index in [1.807, 2.05) is 0 Å². The summed E-state index contributed by atoms with van der Waals surface area (Å²) in [6.07, 6.45) is 1.15. The van der Waals surface area contributed by atoms with Crippen molar-refractivity contribution in [2.75, 3.05) is 0 Å². The van der Waals surface area contributed by atoms with Crippen LogP contribution in [0.2, 0.25) is 0 Å². The Hall–Kier alpha value is -1.39. The highest BCUT2D eigenvalue weighted by atomic mass is 79.9. The lowest BCUT2D eigenvalue weighted by Crippen LogP contribution is -2.21. The summed E-state index contributed by atoms with van der Waals surface area (Å²) in [5, 5.41) is 0. The molecule has 4 heteroatoms. The quantitative estimate of drug-likeness (QED) is 0.662. The van der Waals surface area contributed by atoms with Crippen LogP contribution in [0.5, 0.6) is 0 Å². The lowest BCUT2D eigenvalue weighted by Gasteiger charge is -2.30. The first-order chi connectivity index (χ1) is 9.72. The molecule has 1 aliphatic rings. The molecule has 0 bridgehead atoms. The van der Waals surface area contributed by atoms with E-state index in [9.17, 15) is 0 Å². The van der Waals surface area contributed by atoms with Gasteiger partial charge < -0.3 is 9.55 Å². The van der Waals surface area contributed by atoms with E-state index in [0.717, 1.165) is 27.7 Å². The molecule has 0 saturated carbocycles. The zero-order valence-electron chi connectivity index (χ0n) is 10.8. The summed E-state index contributed by atoms with van der Waals surface area (Å²) in [5.74, 6) is 0.584. The highest BCUT2D eigenvalue weighted by molar-refractivity contribution is 9.10. The molecule has 1 aromatic heterocycles. The average molecular weight is 345 g/mol. The van der Waals surface area contributed by atoms with Crippen molar-refractivity contribution in [3.05, 3.63) is 62.8 Å². The number of nitrogens with one attached hydrogen (secondary N) is 1. The molecule has 3 aromatic rings. The third-order valence-corrected chi connectivity index (χ3v) is 4.92. The number of H-pyrrole nitrogens is 1. The van der Waals surface area contributed by atoms with Crippen molar-refractivity contribution in [2.24, 2.45) is 0 Å². The van der Waals surface area contributed by atoms with Gasteiger partial charge in [0.2, 0.25) is 0 Å². The maximum absolute atomic E-state index is 5.48. The fraction of sp³-hybridized carbons (Fsp3) is 0.188. The molecular formula is C16H13BrN2S. The Kier molecular flexibility index (Phi) is 2.82. The summed E-state index contributed by atoms with van der Waals surface area (Å²) in [6.45, 7) is 0.956. The van der Waals surface area contributed by atoms with Gasteiger partial charge in [-0.3, -0.25) is 0 Å². The lowest BCUT2D eigenvalue weighted by molar-refractivity contribution is 0.513. The van der Waals surface area contributed by atoms with E-state index in [-0.39, 0.29) is 0 Å². The van der Waals surface area contributed by atoms with Crippen LogP contribution in [-0.4, -0.2) is 9.55 Å². The molecule has 1 N–H and O–H groups in total. The molecule has 1 aliphatic carbocycles. The van der Waals surface area contributed by atoms with E-state index in [4.69, 9.17) is 12.2 Å². The molecule has 1 unspecified atom stereocenters. The second-order valence-electron chi connectivity index (χ2n) is 5.30. The number of aromatic nitrogens is 2. The predicted octanol–water partition coefficient (Wildman–Crippen LogP) is 4.80. The summed E-state index contributed by atoms with van der Waals surface area (Å²) >= 11 is 8.98. The van der Waals surface area contributed by atoms with Crippen LogP contribution in [0.3, 0.4) is 0 Å². The molecular weight excluding hydrogens is 332 g/mol. The zero-order valence-corrected chi connectivity index (χ0v) is 13.2. The van der Waals surface area contributed by atoms with Gasteiger partial charge >= 0.3 is 0 Å². The first kappa shape index (κ1) is 12.4. The van der Waals surface area contributed by atoms with Gasteiger partial charge in [0.25, 0.3) is 0 Å². The molecule has 1 heterocycles. The maximum atomic E-state index is 5.48. The van der Waals surface area contributed by atoms with E-state index in [0.29, 0.717) is 5.92 Å². The maximum Gasteiger partial charge on any atom is 0.178 e. The molecule has 1 atom stereocenters. The first-order valence-electron chi connectivity index (χ1n) is 6.68. The normalized spacial score (nSPS) is 16.9. The number of halogens is 1. The summed E-state index contributed by atoms with van der Waals surface area (Å²) in [4.78, 5) is 3.29. The molecule has 0 amide bonds. The van der Waals surface area contributed by atoms with Crippen LogP contribution in [0.25, 0.3) is 11.0 Å². The lowest BCUT2D eigenvalue weighted by atomic mass is 9.77. The SMILES string of the molecule is S=c1[nH]c2cc(Br)ccc2n1CC1Cc2ccccc21. The van der Waals surface area contributed by atoms with Gasteiger partial charge in [0.1, 0.15) is 0 Å². The van der Waals surface area contributed by atoms with Crippen LogP contribution >= 0.6 is 28.1 Å². The highest BCUT2D eigenvalue weighted by Crippen LogP contribution is 2.36. The van der Waals surface area contributed by atoms with Crippen molar-refractivity contribution < 1.29 is 0 Å². The van der Waals surface area contributed by atoms with Gasteiger partial charge in [-0.15, -0.1) is 0 Å². The number of hydrogen-bond donors (Lipinski definition) is 1. The Morgan fingerprint density at radius 2 is 2.10 bits per heavy atom. The molecule has 0 radical (unpaired) electrons. The summed E-state index contributed by atoms with van der Waals surface area (Å²) in [7, 11) is 0. The fourth-order valence-electron chi connectivity index (χ4n) is 3.06. The van der Waals surface area contributed by atoms with Crippen LogP contribution in [-0.2, 0) is 13.0 Å². The van der Waals surface area contributed by atoms with Gasteiger partial charge in [-0.2, -0.15) is 0 Å². The van der Waals surface area contributed by atoms with Gasteiger partial charge in [0.15, 0.2) is 4.77 Å². The van der Waals surface area contributed by atoms with Crippen LogP contribution in [0.4, 0.5) is 0 Å². The van der Waals surface area contributed by atoms with Crippen LogP contribution in [0.1, 0.15) is 17.0 Å². The molecule has 100 valence electrons. The Morgan fingerprint density at radius 3 is 2.95 bits per heavy atom. The van der Waals surface area contributed by atoms with Crippen molar-refractivity contribution in [1.82, 2.24) is 9.55 Å². The molecule has 2 aromatic carbocycles. The number of imidazole rings is 1. The topological polar surface area (TPSA) is 20.7 Å². The van der Waals surface area contributed by atoms with E-state index in [1.54, 1.807) is 0 Å². The van der Waals surface area contributed by atoms with Crippen molar-refractivity contribution in [3.8, 4) is 0 Å². The van der Waals surface area contributed by atoms with Gasteiger partial charge in [-0.1, -0.05) is 40.2 Å². The molecule has 0 spiro atoms. The van der Waals surface area contributed by atoms with E-state index >= 15 is 0 Å². The molecule has 20 heavy (non-hydrogen) atoms. The zero-order chi connectivity index (χ0) is 13.7. The number of hydrogen-bond acceptors (Lipinski definition) is 1. The summed E-state index contributed by atoms with van der Waals surface area (Å²) in [6, 6.07) is 15.0. The third kappa shape index (κ3) is 1.86. The Labute approximate surface area is 130 Å². The number of fused-ring (bicyclic) bond motifs is 2. The Morgan fingerprint density at radius 1 is 1.25 bits per heavy atom. The number of rotatable bonds is 2. The van der Waals surface area contributed by atoms with Gasteiger partial charge in [-0.25, -0.2) is 0 Å². The molecule has 4 rings (SSSR count). The Bertz CT molecular complexity index is 862. The van der Waals surface area contributed by atoms with E-state index in [2.05, 4.69) is 67.9 Å². The highest BCUT2D eigenvalue weighted by Gasteiger charge is 2.26. The van der Waals surface area contributed by atoms with Gasteiger partial charge in [0, 0.05) is 16.9 Å². The third-order valence-electron chi connectivity index (χ3n) is 4.10. The molecule has 2 nitrogen and oxygen atoms in total.